The molecule has 2 aromatic heterocycles. The number of halogens is 1. The van der Waals surface area contributed by atoms with Crippen LogP contribution < -0.4 is 0 Å². The van der Waals surface area contributed by atoms with Crippen molar-refractivity contribution in [2.45, 2.75) is 33.5 Å². The number of pyridine rings is 1. The molecule has 6 heteroatoms. The summed E-state index contributed by atoms with van der Waals surface area (Å²) in [6.07, 6.45) is 7.10. The normalized spacial score (nSPS) is 10.8. The van der Waals surface area contributed by atoms with Crippen LogP contribution >= 0.6 is 0 Å². The van der Waals surface area contributed by atoms with Gasteiger partial charge < -0.3 is 9.47 Å². The topological polar surface area (TPSA) is 51.0 Å². The summed E-state index contributed by atoms with van der Waals surface area (Å²) in [6, 6.07) is 15.8. The molecule has 162 valence electrons. The van der Waals surface area contributed by atoms with E-state index in [0.29, 0.717) is 25.2 Å². The van der Waals surface area contributed by atoms with Crippen LogP contribution in [-0.4, -0.2) is 25.3 Å². The van der Waals surface area contributed by atoms with Crippen LogP contribution in [0.4, 0.5) is 4.39 Å². The number of amides is 1. The smallest absolute Gasteiger partial charge is 0.254 e. The van der Waals surface area contributed by atoms with Crippen molar-refractivity contribution < 1.29 is 9.18 Å². The lowest BCUT2D eigenvalue weighted by atomic mass is 10.1. The maximum atomic E-state index is 13.4. The minimum atomic E-state index is -0.369. The number of aryl methyl sites for hydroxylation is 2. The molecule has 0 bridgehead atoms. The predicted octanol–water partition coefficient (Wildman–Crippen LogP) is 4.92. The summed E-state index contributed by atoms with van der Waals surface area (Å²) in [5, 5.41) is 0. The molecule has 0 saturated carbocycles. The van der Waals surface area contributed by atoms with Crippen LogP contribution in [0, 0.1) is 19.7 Å². The van der Waals surface area contributed by atoms with Crippen LogP contribution in [0.3, 0.4) is 0 Å². The highest BCUT2D eigenvalue weighted by atomic mass is 19.1. The van der Waals surface area contributed by atoms with Crippen molar-refractivity contribution in [3.63, 3.8) is 0 Å². The van der Waals surface area contributed by atoms with E-state index >= 15 is 0 Å². The van der Waals surface area contributed by atoms with Gasteiger partial charge in [0.1, 0.15) is 11.6 Å². The molecule has 0 N–H and O–H groups in total. The van der Waals surface area contributed by atoms with Gasteiger partial charge >= 0.3 is 0 Å². The Hall–Kier alpha value is -3.80. The van der Waals surface area contributed by atoms with Crippen molar-refractivity contribution in [1.82, 2.24) is 19.4 Å². The number of nitrogens with zero attached hydrogens (tertiary/aromatic N) is 4. The van der Waals surface area contributed by atoms with Crippen LogP contribution in [0.15, 0.2) is 79.4 Å². The second-order valence-corrected chi connectivity index (χ2v) is 7.92. The van der Waals surface area contributed by atoms with Gasteiger partial charge in [-0.1, -0.05) is 23.8 Å². The van der Waals surface area contributed by atoms with Gasteiger partial charge in [-0.3, -0.25) is 9.78 Å². The minimum Gasteiger partial charge on any atom is -0.329 e. The summed E-state index contributed by atoms with van der Waals surface area (Å²) >= 11 is 0. The van der Waals surface area contributed by atoms with Crippen LogP contribution in [0.2, 0.25) is 0 Å². The van der Waals surface area contributed by atoms with Crippen molar-refractivity contribution in [3.8, 4) is 0 Å². The highest BCUT2D eigenvalue weighted by Gasteiger charge is 2.19. The molecule has 0 spiro atoms. The fourth-order valence-electron chi connectivity index (χ4n) is 3.64. The van der Waals surface area contributed by atoms with Gasteiger partial charge in [-0.25, -0.2) is 9.37 Å². The Morgan fingerprint density at radius 2 is 1.72 bits per heavy atom. The summed E-state index contributed by atoms with van der Waals surface area (Å²) in [7, 11) is 0. The zero-order valence-corrected chi connectivity index (χ0v) is 18.2. The lowest BCUT2D eigenvalue weighted by Crippen LogP contribution is -2.31. The number of hydrogen-bond donors (Lipinski definition) is 0. The first-order chi connectivity index (χ1) is 15.5. The van der Waals surface area contributed by atoms with Crippen LogP contribution in [0.1, 0.15) is 38.4 Å². The molecular weight excluding hydrogens is 403 g/mol. The second kappa shape index (κ2) is 9.56. The number of benzene rings is 2. The van der Waals surface area contributed by atoms with Crippen molar-refractivity contribution in [3.05, 3.63) is 119 Å². The highest BCUT2D eigenvalue weighted by Crippen LogP contribution is 2.17. The third-order valence-corrected chi connectivity index (χ3v) is 5.48. The Kier molecular flexibility index (Phi) is 6.40. The lowest BCUT2D eigenvalue weighted by Gasteiger charge is -2.23. The number of hydrogen-bond acceptors (Lipinski definition) is 3. The van der Waals surface area contributed by atoms with E-state index < -0.39 is 0 Å². The molecule has 4 rings (SSSR count). The molecule has 4 aromatic rings. The minimum absolute atomic E-state index is 0.178. The monoisotopic (exact) mass is 428 g/mol. The molecule has 2 aromatic carbocycles. The van der Waals surface area contributed by atoms with E-state index in [9.17, 15) is 9.18 Å². The molecule has 0 radical (unpaired) electrons. The zero-order chi connectivity index (χ0) is 22.5. The molecule has 0 aliphatic heterocycles. The molecule has 32 heavy (non-hydrogen) atoms. The van der Waals surface area contributed by atoms with Crippen molar-refractivity contribution in [2.24, 2.45) is 0 Å². The Morgan fingerprint density at radius 1 is 0.969 bits per heavy atom. The van der Waals surface area contributed by atoms with Gasteiger partial charge in [0.2, 0.25) is 0 Å². The Balaban J connectivity index is 1.61. The highest BCUT2D eigenvalue weighted by molar-refractivity contribution is 5.94. The number of aromatic nitrogens is 3. The molecule has 0 atom stereocenters. The molecule has 0 fully saturated rings. The summed E-state index contributed by atoms with van der Waals surface area (Å²) in [6.45, 7) is 5.58. The predicted molar refractivity (Wildman–Crippen MR) is 121 cm³/mol. The van der Waals surface area contributed by atoms with Gasteiger partial charge in [-0.2, -0.15) is 0 Å². The molecule has 2 heterocycles. The lowest BCUT2D eigenvalue weighted by molar-refractivity contribution is 0.0723. The maximum Gasteiger partial charge on any atom is 0.254 e. The number of imidazole rings is 1. The van der Waals surface area contributed by atoms with E-state index in [2.05, 4.69) is 46.6 Å². The van der Waals surface area contributed by atoms with Gasteiger partial charge in [0.25, 0.3) is 5.91 Å². The standard InChI is InChI=1S/C26H25FN4O/c1-19-3-4-20(2)23(15-19)17-30-14-13-29-25(30)18-31(16-21-9-11-28-12-10-21)26(32)22-5-7-24(27)8-6-22/h3-15H,16-18H2,1-2H3. The van der Waals surface area contributed by atoms with Crippen molar-refractivity contribution in [1.29, 1.82) is 0 Å². The first kappa shape index (κ1) is 21.4. The van der Waals surface area contributed by atoms with E-state index in [1.165, 1.54) is 41.0 Å². The van der Waals surface area contributed by atoms with Gasteiger partial charge in [0.05, 0.1) is 6.54 Å². The molecular formula is C26H25FN4O. The van der Waals surface area contributed by atoms with Gasteiger partial charge in [0.15, 0.2) is 0 Å². The second-order valence-electron chi connectivity index (χ2n) is 7.92. The van der Waals surface area contributed by atoms with Crippen LogP contribution in [-0.2, 0) is 19.6 Å². The van der Waals surface area contributed by atoms with E-state index in [0.717, 1.165) is 11.4 Å². The Labute approximate surface area is 187 Å². The van der Waals surface area contributed by atoms with E-state index in [-0.39, 0.29) is 11.7 Å². The third-order valence-electron chi connectivity index (χ3n) is 5.48. The average molecular weight is 429 g/mol. The summed E-state index contributed by atoms with van der Waals surface area (Å²) < 4.78 is 15.4. The molecule has 1 amide bonds. The van der Waals surface area contributed by atoms with E-state index in [4.69, 9.17) is 0 Å². The van der Waals surface area contributed by atoms with Crippen molar-refractivity contribution >= 4 is 5.91 Å². The molecule has 0 aliphatic carbocycles. The van der Waals surface area contributed by atoms with Gasteiger partial charge in [-0.15, -0.1) is 0 Å². The van der Waals surface area contributed by atoms with Crippen LogP contribution in [0.25, 0.3) is 0 Å². The Bertz CT molecular complexity index is 1200. The summed E-state index contributed by atoms with van der Waals surface area (Å²) in [5.74, 6) is 0.241. The van der Waals surface area contributed by atoms with Crippen molar-refractivity contribution in [2.75, 3.05) is 0 Å². The summed E-state index contributed by atoms with van der Waals surface area (Å²) in [4.78, 5) is 23.6. The fraction of sp³-hybridized carbons (Fsp3) is 0.192. The van der Waals surface area contributed by atoms with Gasteiger partial charge in [-0.05, 0) is 66.9 Å². The fourth-order valence-corrected chi connectivity index (χ4v) is 3.64. The number of carbonyl (C=O) groups is 1. The molecule has 0 saturated heterocycles. The molecule has 0 unspecified atom stereocenters. The quantitative estimate of drug-likeness (QED) is 0.420. The molecule has 5 nitrogen and oxygen atoms in total. The Morgan fingerprint density at radius 3 is 2.47 bits per heavy atom. The molecule has 0 aliphatic rings. The number of carbonyl (C=O) groups excluding carboxylic acids is 1. The summed E-state index contributed by atoms with van der Waals surface area (Å²) in [5.41, 5.74) is 5.04. The average Bonchev–Trinajstić information content (AvgIpc) is 3.23. The zero-order valence-electron chi connectivity index (χ0n) is 18.2. The van der Waals surface area contributed by atoms with Gasteiger partial charge in [0, 0.05) is 43.4 Å². The largest absolute Gasteiger partial charge is 0.329 e. The SMILES string of the molecule is Cc1ccc(C)c(Cn2ccnc2CN(Cc2ccncc2)C(=O)c2ccc(F)cc2)c1. The first-order valence-electron chi connectivity index (χ1n) is 10.5. The first-order valence-corrected chi connectivity index (χ1v) is 10.5. The number of rotatable bonds is 7. The third kappa shape index (κ3) is 5.09. The van der Waals surface area contributed by atoms with Crippen LogP contribution in [0.5, 0.6) is 0 Å². The van der Waals surface area contributed by atoms with E-state index in [1.807, 2.05) is 18.3 Å². The maximum absolute atomic E-state index is 13.4. The van der Waals surface area contributed by atoms with E-state index in [1.54, 1.807) is 23.5 Å².